The smallest absolute Gasteiger partial charge is 0.253 e. The molecule has 0 unspecified atom stereocenters. The number of phenols is 1. The molecule has 0 aliphatic heterocycles. The summed E-state index contributed by atoms with van der Waals surface area (Å²) < 4.78 is 0. The molecule has 0 bridgehead atoms. The lowest BCUT2D eigenvalue weighted by Crippen LogP contribution is -2.32. The summed E-state index contributed by atoms with van der Waals surface area (Å²) in [6.07, 6.45) is 4.11. The number of benzene rings is 1. The summed E-state index contributed by atoms with van der Waals surface area (Å²) in [4.78, 5) is 14.3. The lowest BCUT2D eigenvalue weighted by atomic mass is 10.1. The van der Waals surface area contributed by atoms with Crippen molar-refractivity contribution >= 4 is 11.6 Å². The van der Waals surface area contributed by atoms with Crippen LogP contribution >= 0.6 is 0 Å². The van der Waals surface area contributed by atoms with Gasteiger partial charge in [0.25, 0.3) is 5.91 Å². The number of nitrogen functional groups attached to an aromatic ring is 1. The first-order chi connectivity index (χ1) is 9.10. The average Bonchev–Trinajstić information content (AvgIpc) is 2.41. The quantitative estimate of drug-likeness (QED) is 0.587. The van der Waals surface area contributed by atoms with Crippen molar-refractivity contribution in [3.05, 3.63) is 23.8 Å². The third-order valence-electron chi connectivity index (χ3n) is 3.13. The summed E-state index contributed by atoms with van der Waals surface area (Å²) in [5.41, 5.74) is 6.35. The Morgan fingerprint density at radius 3 is 2.26 bits per heavy atom. The Hall–Kier alpha value is -1.71. The molecule has 0 saturated carbocycles. The minimum atomic E-state index is -0.0308. The second-order valence-electron chi connectivity index (χ2n) is 4.77. The van der Waals surface area contributed by atoms with Crippen LogP contribution in [0.1, 0.15) is 49.9 Å². The van der Waals surface area contributed by atoms with Crippen molar-refractivity contribution in [1.29, 1.82) is 0 Å². The van der Waals surface area contributed by atoms with Crippen LogP contribution in [0.2, 0.25) is 0 Å². The fourth-order valence-electron chi connectivity index (χ4n) is 1.87. The zero-order valence-electron chi connectivity index (χ0n) is 11.9. The Balaban J connectivity index is 2.81. The minimum Gasteiger partial charge on any atom is -0.506 e. The highest BCUT2D eigenvalue weighted by Gasteiger charge is 2.15. The third kappa shape index (κ3) is 4.47. The minimum absolute atomic E-state index is 0.0304. The number of carbonyl (C=O) groups is 1. The van der Waals surface area contributed by atoms with E-state index in [1.54, 1.807) is 12.1 Å². The molecule has 19 heavy (non-hydrogen) atoms. The van der Waals surface area contributed by atoms with Crippen molar-refractivity contribution in [2.75, 3.05) is 18.8 Å². The van der Waals surface area contributed by atoms with E-state index in [4.69, 9.17) is 5.73 Å². The lowest BCUT2D eigenvalue weighted by Gasteiger charge is -2.22. The molecule has 4 nitrogen and oxygen atoms in total. The van der Waals surface area contributed by atoms with Crippen LogP contribution in [0.4, 0.5) is 5.69 Å². The van der Waals surface area contributed by atoms with E-state index < -0.39 is 0 Å². The molecule has 0 atom stereocenters. The van der Waals surface area contributed by atoms with Gasteiger partial charge in [-0.25, -0.2) is 0 Å². The van der Waals surface area contributed by atoms with Crippen molar-refractivity contribution in [3.63, 3.8) is 0 Å². The van der Waals surface area contributed by atoms with Gasteiger partial charge in [0, 0.05) is 18.7 Å². The molecule has 0 spiro atoms. The number of hydrogen-bond donors (Lipinski definition) is 2. The summed E-state index contributed by atoms with van der Waals surface area (Å²) in [5.74, 6) is -0.0611. The maximum atomic E-state index is 12.4. The largest absolute Gasteiger partial charge is 0.506 e. The highest BCUT2D eigenvalue weighted by molar-refractivity contribution is 5.95. The maximum Gasteiger partial charge on any atom is 0.253 e. The van der Waals surface area contributed by atoms with E-state index in [1.165, 1.54) is 6.07 Å². The molecule has 106 valence electrons. The molecule has 1 aromatic carbocycles. The number of aromatic hydroxyl groups is 1. The van der Waals surface area contributed by atoms with Crippen LogP contribution in [0.25, 0.3) is 0 Å². The summed E-state index contributed by atoms with van der Waals surface area (Å²) in [6, 6.07) is 4.69. The van der Waals surface area contributed by atoms with Crippen LogP contribution in [0.3, 0.4) is 0 Å². The van der Waals surface area contributed by atoms with Gasteiger partial charge in [-0.1, -0.05) is 26.7 Å². The van der Waals surface area contributed by atoms with E-state index in [9.17, 15) is 9.90 Å². The van der Waals surface area contributed by atoms with Crippen LogP contribution in [-0.2, 0) is 0 Å². The molecule has 3 N–H and O–H groups in total. The van der Waals surface area contributed by atoms with Crippen molar-refractivity contribution in [2.45, 2.75) is 39.5 Å². The molecule has 0 aliphatic rings. The van der Waals surface area contributed by atoms with Gasteiger partial charge in [0.05, 0.1) is 5.69 Å². The second kappa shape index (κ2) is 7.67. The second-order valence-corrected chi connectivity index (χ2v) is 4.77. The zero-order chi connectivity index (χ0) is 14.3. The van der Waals surface area contributed by atoms with E-state index in [0.717, 1.165) is 38.8 Å². The topological polar surface area (TPSA) is 66.6 Å². The molecule has 0 saturated heterocycles. The first kappa shape index (κ1) is 15.3. The number of amides is 1. The van der Waals surface area contributed by atoms with Gasteiger partial charge in [-0.3, -0.25) is 4.79 Å². The number of anilines is 1. The predicted octanol–water partition coefficient (Wildman–Crippen LogP) is 3.02. The molecule has 0 aliphatic carbocycles. The highest BCUT2D eigenvalue weighted by Crippen LogP contribution is 2.21. The Kier molecular flexibility index (Phi) is 6.19. The van der Waals surface area contributed by atoms with Crippen molar-refractivity contribution in [2.24, 2.45) is 0 Å². The van der Waals surface area contributed by atoms with Gasteiger partial charge in [0.2, 0.25) is 0 Å². The molecule has 1 rings (SSSR count). The first-order valence-electron chi connectivity index (χ1n) is 6.97. The maximum absolute atomic E-state index is 12.4. The molecule has 0 radical (unpaired) electrons. The number of unbranched alkanes of at least 4 members (excludes halogenated alkanes) is 2. The average molecular weight is 264 g/mol. The molecule has 1 amide bonds. The normalized spacial score (nSPS) is 10.4. The van der Waals surface area contributed by atoms with Crippen LogP contribution in [0.15, 0.2) is 18.2 Å². The number of nitrogens with zero attached hydrogens (tertiary/aromatic N) is 1. The van der Waals surface area contributed by atoms with E-state index >= 15 is 0 Å². The Morgan fingerprint density at radius 2 is 1.79 bits per heavy atom. The van der Waals surface area contributed by atoms with E-state index in [2.05, 4.69) is 13.8 Å². The van der Waals surface area contributed by atoms with E-state index in [0.29, 0.717) is 11.3 Å². The van der Waals surface area contributed by atoms with Crippen LogP contribution in [0.5, 0.6) is 5.75 Å². The Morgan fingerprint density at radius 1 is 1.21 bits per heavy atom. The lowest BCUT2D eigenvalue weighted by molar-refractivity contribution is 0.0750. The van der Waals surface area contributed by atoms with Crippen molar-refractivity contribution in [3.8, 4) is 5.75 Å². The van der Waals surface area contributed by atoms with Crippen LogP contribution in [0, 0.1) is 0 Å². The molecular formula is C15H24N2O2. The Bertz CT molecular complexity index is 411. The van der Waals surface area contributed by atoms with Gasteiger partial charge in [-0.15, -0.1) is 0 Å². The van der Waals surface area contributed by atoms with Gasteiger partial charge in [-0.05, 0) is 31.0 Å². The Labute approximate surface area is 115 Å². The highest BCUT2D eigenvalue weighted by atomic mass is 16.3. The summed E-state index contributed by atoms with van der Waals surface area (Å²) in [7, 11) is 0. The number of carbonyl (C=O) groups excluding carboxylic acids is 1. The van der Waals surface area contributed by atoms with Crippen LogP contribution in [-0.4, -0.2) is 29.0 Å². The van der Waals surface area contributed by atoms with E-state index in [-0.39, 0.29) is 11.7 Å². The fourth-order valence-corrected chi connectivity index (χ4v) is 1.87. The van der Waals surface area contributed by atoms with Gasteiger partial charge in [0.15, 0.2) is 0 Å². The number of nitrogens with two attached hydrogens (primary N) is 1. The molecule has 0 heterocycles. The molecule has 1 aromatic rings. The fraction of sp³-hybridized carbons (Fsp3) is 0.533. The van der Waals surface area contributed by atoms with Gasteiger partial charge in [-0.2, -0.15) is 0 Å². The van der Waals surface area contributed by atoms with Gasteiger partial charge >= 0.3 is 0 Å². The van der Waals surface area contributed by atoms with E-state index in [1.807, 2.05) is 4.90 Å². The SMILES string of the molecule is CCCCN(CCCC)C(=O)c1ccc(N)c(O)c1. The third-order valence-corrected chi connectivity index (χ3v) is 3.13. The number of rotatable bonds is 7. The number of hydrogen-bond acceptors (Lipinski definition) is 3. The van der Waals surface area contributed by atoms with Gasteiger partial charge in [0.1, 0.15) is 5.75 Å². The molecule has 0 aromatic heterocycles. The van der Waals surface area contributed by atoms with Gasteiger partial charge < -0.3 is 15.7 Å². The summed E-state index contributed by atoms with van der Waals surface area (Å²) >= 11 is 0. The van der Waals surface area contributed by atoms with Crippen molar-refractivity contribution < 1.29 is 9.90 Å². The summed E-state index contributed by atoms with van der Waals surface area (Å²) in [6.45, 7) is 5.75. The first-order valence-corrected chi connectivity index (χ1v) is 6.97. The zero-order valence-corrected chi connectivity index (χ0v) is 11.9. The van der Waals surface area contributed by atoms with Crippen LogP contribution < -0.4 is 5.73 Å². The molecule has 4 heteroatoms. The summed E-state index contributed by atoms with van der Waals surface area (Å²) in [5, 5.41) is 9.59. The van der Waals surface area contributed by atoms with Crippen molar-refractivity contribution in [1.82, 2.24) is 4.90 Å². The predicted molar refractivity (Wildman–Crippen MR) is 78.2 cm³/mol. The monoisotopic (exact) mass is 264 g/mol. The molecule has 0 fully saturated rings. The number of phenolic OH excluding ortho intramolecular Hbond substituents is 1. The molecular weight excluding hydrogens is 240 g/mol. The standard InChI is InChI=1S/C15H24N2O2/c1-3-5-9-17(10-6-4-2)15(19)12-7-8-13(16)14(18)11-12/h7-8,11,18H,3-6,9-10,16H2,1-2H3.